The Morgan fingerprint density at radius 2 is 1.91 bits per heavy atom. The van der Waals surface area contributed by atoms with Gasteiger partial charge < -0.3 is 34.4 Å². The topological polar surface area (TPSA) is 107 Å². The van der Waals surface area contributed by atoms with E-state index in [0.717, 1.165) is 71.8 Å². The molecule has 3 fully saturated rings. The number of nitrogens with zero attached hydrogens (tertiary/aromatic N) is 1. The average Bonchev–Trinajstić information content (AvgIpc) is 3.24. The first kappa shape index (κ1) is 30.2. The van der Waals surface area contributed by atoms with Crippen LogP contribution in [0.15, 0.2) is 34.0 Å². The highest BCUT2D eigenvalue weighted by Gasteiger charge is 2.37. The predicted molar refractivity (Wildman–Crippen MR) is 169 cm³/mol. The van der Waals surface area contributed by atoms with Crippen LogP contribution in [-0.2, 0) is 16.0 Å². The second-order valence-electron chi connectivity index (χ2n) is 12.8. The van der Waals surface area contributed by atoms with Crippen LogP contribution in [0.3, 0.4) is 0 Å². The molecule has 2 saturated heterocycles. The van der Waals surface area contributed by atoms with E-state index in [1.165, 1.54) is 11.8 Å². The van der Waals surface area contributed by atoms with Gasteiger partial charge in [-0.2, -0.15) is 0 Å². The van der Waals surface area contributed by atoms with Crippen molar-refractivity contribution >= 4 is 28.6 Å². The number of pyridine rings is 1. The first-order valence-corrected chi connectivity index (χ1v) is 16.7. The van der Waals surface area contributed by atoms with E-state index >= 15 is 0 Å². The highest BCUT2D eigenvalue weighted by atomic mass is 32.2. The molecule has 1 aliphatic carbocycles. The smallest absolute Gasteiger partial charge is 0.254 e. The van der Waals surface area contributed by atoms with Crippen LogP contribution >= 0.6 is 11.8 Å². The number of carbonyl (C=O) groups is 1. The highest BCUT2D eigenvalue weighted by Crippen LogP contribution is 2.39. The summed E-state index contributed by atoms with van der Waals surface area (Å²) in [6, 6.07) is 8.78. The summed E-state index contributed by atoms with van der Waals surface area (Å²) < 4.78 is 19.2. The van der Waals surface area contributed by atoms with E-state index in [-0.39, 0.29) is 35.7 Å². The van der Waals surface area contributed by atoms with Crippen molar-refractivity contribution in [2.45, 2.75) is 88.5 Å². The molecule has 0 bridgehead atoms. The zero-order chi connectivity index (χ0) is 30.3. The predicted octanol–water partition coefficient (Wildman–Crippen LogP) is 4.87. The molecule has 4 heterocycles. The van der Waals surface area contributed by atoms with E-state index in [1.807, 2.05) is 38.3 Å². The monoisotopic (exact) mass is 608 g/mol. The van der Waals surface area contributed by atoms with E-state index in [1.54, 1.807) is 0 Å². The number of aromatic nitrogens is 2. The van der Waals surface area contributed by atoms with Crippen molar-refractivity contribution in [1.82, 2.24) is 20.2 Å². The van der Waals surface area contributed by atoms with E-state index in [0.29, 0.717) is 36.3 Å². The van der Waals surface area contributed by atoms with Crippen LogP contribution in [0.25, 0.3) is 10.9 Å². The van der Waals surface area contributed by atoms with Crippen molar-refractivity contribution in [3.05, 3.63) is 57.1 Å². The molecule has 1 aromatic carbocycles. The third kappa shape index (κ3) is 6.12. The normalized spacial score (nSPS) is 22.5. The van der Waals surface area contributed by atoms with Gasteiger partial charge in [-0.3, -0.25) is 9.59 Å². The Balaban J connectivity index is 1.27. The van der Waals surface area contributed by atoms with Gasteiger partial charge in [-0.25, -0.2) is 0 Å². The number of carbonyl (C=O) groups excluding carboxylic acids is 1. The zero-order valence-corrected chi connectivity index (χ0v) is 26.7. The van der Waals surface area contributed by atoms with E-state index < -0.39 is 0 Å². The molecule has 1 amide bonds. The lowest BCUT2D eigenvalue weighted by atomic mass is 9.81. The molecule has 0 radical (unpaired) electrons. The fourth-order valence-corrected chi connectivity index (χ4v) is 7.72. The van der Waals surface area contributed by atoms with Crippen molar-refractivity contribution in [2.24, 2.45) is 5.92 Å². The molecular formula is C33H44N4O5S. The van der Waals surface area contributed by atoms with Crippen molar-refractivity contribution < 1.29 is 19.0 Å². The summed E-state index contributed by atoms with van der Waals surface area (Å²) in [6.45, 7) is 11.3. The lowest BCUT2D eigenvalue weighted by Crippen LogP contribution is -2.61. The van der Waals surface area contributed by atoms with Gasteiger partial charge in [0, 0.05) is 51.4 Å². The van der Waals surface area contributed by atoms with E-state index in [2.05, 4.69) is 40.1 Å². The van der Waals surface area contributed by atoms with E-state index in [9.17, 15) is 9.59 Å². The number of hydrogen-bond donors (Lipinski definition) is 3. The molecule has 3 aliphatic rings. The summed E-state index contributed by atoms with van der Waals surface area (Å²) >= 11 is 1.51. The number of aromatic amines is 1. The van der Waals surface area contributed by atoms with Gasteiger partial charge in [0.2, 0.25) is 0 Å². The molecule has 1 atom stereocenters. The largest absolute Gasteiger partial charge is 0.486 e. The quantitative estimate of drug-likeness (QED) is 0.282. The van der Waals surface area contributed by atoms with Gasteiger partial charge in [-0.05, 0) is 89.8 Å². The highest BCUT2D eigenvalue weighted by molar-refractivity contribution is 7.98. The van der Waals surface area contributed by atoms with Gasteiger partial charge in [0.1, 0.15) is 11.9 Å². The second kappa shape index (κ2) is 12.3. The Morgan fingerprint density at radius 3 is 2.53 bits per heavy atom. The van der Waals surface area contributed by atoms with Crippen molar-refractivity contribution in [1.29, 1.82) is 0 Å². The second-order valence-corrected chi connectivity index (χ2v) is 13.7. The standard InChI is InChI=1S/C33H44N4O5S/c1-19-12-29(43-5)27(31(38)35-19)14-34-32(39)30-21(3)37(28-11-10-24(13-26(28)30)42-25-15-40-16-25)20(2)22-6-8-23(9-7-22)36-33(4)17-41-18-33/h10-13,20,22-23,25,36H,6-9,14-18H2,1-5H3,(H,34,39)(H,35,38)/t20-,22?,23?/m1/s1. The number of ether oxygens (including phenoxy) is 3. The van der Waals surface area contributed by atoms with Crippen LogP contribution in [-0.4, -0.2) is 65.8 Å². The number of benzene rings is 1. The maximum Gasteiger partial charge on any atom is 0.254 e. The fraction of sp³-hybridized carbons (Fsp3) is 0.576. The molecular weight excluding hydrogens is 564 g/mol. The van der Waals surface area contributed by atoms with Gasteiger partial charge >= 0.3 is 0 Å². The first-order chi connectivity index (χ1) is 20.7. The molecule has 232 valence electrons. The SMILES string of the molecule is CSc1cc(C)[nH]c(=O)c1CNC(=O)c1c(C)n([C@H](C)C2CCC(NC3(C)COC3)CC2)c2ccc(OC3COC3)cc12. The minimum absolute atomic E-state index is 0.0348. The summed E-state index contributed by atoms with van der Waals surface area (Å²) in [5.74, 6) is 1.06. The summed E-state index contributed by atoms with van der Waals surface area (Å²) in [5, 5.41) is 7.77. The molecule has 43 heavy (non-hydrogen) atoms. The van der Waals surface area contributed by atoms with Crippen molar-refractivity contribution in [3.63, 3.8) is 0 Å². The van der Waals surface area contributed by atoms with Crippen molar-refractivity contribution in [3.8, 4) is 5.75 Å². The summed E-state index contributed by atoms with van der Waals surface area (Å²) in [4.78, 5) is 30.4. The maximum atomic E-state index is 13.9. The Morgan fingerprint density at radius 1 is 1.16 bits per heavy atom. The molecule has 0 spiro atoms. The van der Waals surface area contributed by atoms with E-state index in [4.69, 9.17) is 14.2 Å². The lowest BCUT2D eigenvalue weighted by molar-refractivity contribution is -0.0796. The van der Waals surface area contributed by atoms with Gasteiger partial charge in [0.15, 0.2) is 0 Å². The molecule has 9 nitrogen and oxygen atoms in total. The maximum absolute atomic E-state index is 13.9. The number of hydrogen-bond acceptors (Lipinski definition) is 7. The van der Waals surface area contributed by atoms with Gasteiger partial charge in [0.25, 0.3) is 11.5 Å². The Hall–Kier alpha value is -2.79. The molecule has 3 N–H and O–H groups in total. The van der Waals surface area contributed by atoms with Crippen LogP contribution in [0.2, 0.25) is 0 Å². The Kier molecular flexibility index (Phi) is 8.65. The number of thioether (sulfide) groups is 1. The van der Waals surface area contributed by atoms with Crippen LogP contribution in [0, 0.1) is 19.8 Å². The molecule has 2 aliphatic heterocycles. The minimum atomic E-state index is -0.187. The molecule has 3 aromatic rings. The Labute approximate surface area is 257 Å². The summed E-state index contributed by atoms with van der Waals surface area (Å²) in [6.07, 6.45) is 6.52. The van der Waals surface area contributed by atoms with Gasteiger partial charge in [-0.1, -0.05) is 0 Å². The number of fused-ring (bicyclic) bond motifs is 1. The van der Waals surface area contributed by atoms with Crippen LogP contribution in [0.5, 0.6) is 5.75 Å². The lowest BCUT2D eigenvalue weighted by Gasteiger charge is -2.44. The molecule has 0 unspecified atom stereocenters. The average molecular weight is 609 g/mol. The molecule has 2 aromatic heterocycles. The third-order valence-electron chi connectivity index (χ3n) is 9.49. The molecule has 10 heteroatoms. The van der Waals surface area contributed by atoms with Crippen molar-refractivity contribution in [2.75, 3.05) is 32.7 Å². The van der Waals surface area contributed by atoms with Crippen LogP contribution in [0.4, 0.5) is 0 Å². The van der Waals surface area contributed by atoms with Crippen LogP contribution < -0.4 is 20.9 Å². The van der Waals surface area contributed by atoms with Gasteiger partial charge in [0.05, 0.1) is 37.5 Å². The van der Waals surface area contributed by atoms with Gasteiger partial charge in [-0.15, -0.1) is 11.8 Å². The number of aryl methyl sites for hydroxylation is 1. The number of nitrogens with one attached hydrogen (secondary N) is 3. The summed E-state index contributed by atoms with van der Waals surface area (Å²) in [5.41, 5.74) is 3.93. The first-order valence-electron chi connectivity index (χ1n) is 15.4. The third-order valence-corrected chi connectivity index (χ3v) is 10.3. The molecule has 6 rings (SSSR count). The van der Waals surface area contributed by atoms with Crippen LogP contribution in [0.1, 0.15) is 72.9 Å². The Bertz CT molecular complexity index is 1550. The minimum Gasteiger partial charge on any atom is -0.486 e. The zero-order valence-electron chi connectivity index (χ0n) is 25.9. The molecule has 1 saturated carbocycles. The number of H-pyrrole nitrogens is 1. The number of amides is 1. The summed E-state index contributed by atoms with van der Waals surface area (Å²) in [7, 11) is 0. The number of rotatable bonds is 10. The fourth-order valence-electron chi connectivity index (χ4n) is 7.01.